The fourth-order valence-corrected chi connectivity index (χ4v) is 1.91. The maximum Gasteiger partial charge on any atom is 0.243 e. The fraction of sp³-hybridized carbons (Fsp3) is 0.308. The first kappa shape index (κ1) is 10.9. The van der Waals surface area contributed by atoms with E-state index in [2.05, 4.69) is 24.0 Å². The summed E-state index contributed by atoms with van der Waals surface area (Å²) >= 11 is 0. The summed E-state index contributed by atoms with van der Waals surface area (Å²) in [6, 6.07) is 8.19. The molecule has 0 bridgehead atoms. The molecule has 1 aliphatic rings. The molecule has 1 atom stereocenters. The van der Waals surface area contributed by atoms with Crippen LogP contribution in [0.15, 0.2) is 36.9 Å². The molecule has 3 heteroatoms. The number of hydrogen-bond acceptors (Lipinski definition) is 2. The molecule has 1 amide bonds. The van der Waals surface area contributed by atoms with E-state index in [9.17, 15) is 4.79 Å². The lowest BCUT2D eigenvalue weighted by Gasteiger charge is -2.26. The van der Waals surface area contributed by atoms with Gasteiger partial charge in [0.1, 0.15) is 6.10 Å². The zero-order chi connectivity index (χ0) is 11.4. The van der Waals surface area contributed by atoms with Crippen LogP contribution < -0.4 is 5.32 Å². The van der Waals surface area contributed by atoms with Gasteiger partial charge < -0.3 is 10.1 Å². The molecule has 0 spiro atoms. The molecule has 0 radical (unpaired) electrons. The molecule has 1 heterocycles. The summed E-state index contributed by atoms with van der Waals surface area (Å²) < 4.78 is 5.65. The predicted molar refractivity (Wildman–Crippen MR) is 62.0 cm³/mol. The van der Waals surface area contributed by atoms with Crippen LogP contribution in [0.25, 0.3) is 0 Å². The molecular formula is C13H15NO2. The predicted octanol–water partition coefficient (Wildman–Crippen LogP) is 1.60. The van der Waals surface area contributed by atoms with Crippen molar-refractivity contribution in [2.75, 3.05) is 13.2 Å². The van der Waals surface area contributed by atoms with Gasteiger partial charge in [-0.3, -0.25) is 4.79 Å². The van der Waals surface area contributed by atoms with E-state index < -0.39 is 0 Å². The minimum atomic E-state index is -0.161. The Balaban J connectivity index is 2.07. The number of carbonyl (C=O) groups excluding carboxylic acids is 1. The second-order valence-corrected chi connectivity index (χ2v) is 3.76. The van der Waals surface area contributed by atoms with Crippen molar-refractivity contribution in [2.24, 2.45) is 0 Å². The van der Waals surface area contributed by atoms with Gasteiger partial charge in [0, 0.05) is 6.54 Å². The third kappa shape index (κ3) is 2.31. The highest BCUT2D eigenvalue weighted by Gasteiger charge is 2.20. The van der Waals surface area contributed by atoms with Gasteiger partial charge in [0.2, 0.25) is 5.91 Å². The number of fused-ring (bicyclic) bond motifs is 1. The molecule has 1 aromatic carbocycles. The fourth-order valence-electron chi connectivity index (χ4n) is 1.91. The Labute approximate surface area is 95.1 Å². The van der Waals surface area contributed by atoms with Gasteiger partial charge in [-0.15, -0.1) is 0 Å². The van der Waals surface area contributed by atoms with E-state index >= 15 is 0 Å². The van der Waals surface area contributed by atoms with Crippen LogP contribution in [0.1, 0.15) is 17.2 Å². The molecule has 0 aromatic heterocycles. The van der Waals surface area contributed by atoms with Gasteiger partial charge >= 0.3 is 0 Å². The molecule has 0 unspecified atom stereocenters. The normalized spacial score (nSPS) is 18.6. The van der Waals surface area contributed by atoms with E-state index in [4.69, 9.17) is 4.74 Å². The second kappa shape index (κ2) is 4.94. The Morgan fingerprint density at radius 2 is 2.38 bits per heavy atom. The van der Waals surface area contributed by atoms with Crippen LogP contribution in [0.2, 0.25) is 0 Å². The first-order chi connectivity index (χ1) is 7.81. The largest absolute Gasteiger partial charge is 0.371 e. The number of ether oxygens (including phenoxy) is 1. The number of hydrogen-bond donors (Lipinski definition) is 1. The van der Waals surface area contributed by atoms with Gasteiger partial charge in [0.05, 0.1) is 6.61 Å². The van der Waals surface area contributed by atoms with E-state index in [1.807, 2.05) is 12.1 Å². The van der Waals surface area contributed by atoms with Crippen LogP contribution in [0.3, 0.4) is 0 Å². The molecule has 1 aliphatic heterocycles. The van der Waals surface area contributed by atoms with Crippen molar-refractivity contribution in [2.45, 2.75) is 12.5 Å². The molecule has 0 saturated carbocycles. The lowest BCUT2D eigenvalue weighted by atomic mass is 9.97. The van der Waals surface area contributed by atoms with Crippen molar-refractivity contribution >= 4 is 5.91 Å². The van der Waals surface area contributed by atoms with Gasteiger partial charge in [-0.2, -0.15) is 0 Å². The standard InChI is InChI=1S/C13H15NO2/c1-2-13(15)14-9-12-11-6-4-3-5-10(11)7-8-16-12/h2-6,12H,1,7-9H2,(H,14,15)/t12-/m1/s1. The number of amides is 1. The van der Waals surface area contributed by atoms with Crippen LogP contribution in [0, 0.1) is 0 Å². The lowest BCUT2D eigenvalue weighted by molar-refractivity contribution is -0.117. The van der Waals surface area contributed by atoms with Crippen molar-refractivity contribution in [1.29, 1.82) is 0 Å². The highest BCUT2D eigenvalue weighted by molar-refractivity contribution is 5.86. The maximum atomic E-state index is 11.1. The third-order valence-corrected chi connectivity index (χ3v) is 2.74. The molecule has 0 aliphatic carbocycles. The molecule has 84 valence electrons. The maximum absolute atomic E-state index is 11.1. The van der Waals surface area contributed by atoms with Crippen LogP contribution in [-0.4, -0.2) is 19.1 Å². The topological polar surface area (TPSA) is 38.3 Å². The van der Waals surface area contributed by atoms with Crippen LogP contribution in [-0.2, 0) is 16.0 Å². The molecule has 2 rings (SSSR count). The minimum absolute atomic E-state index is 0.0335. The molecule has 3 nitrogen and oxygen atoms in total. The summed E-state index contributed by atoms with van der Waals surface area (Å²) in [6.45, 7) is 4.63. The molecule has 1 aromatic rings. The average Bonchev–Trinajstić information content (AvgIpc) is 2.35. The molecule has 0 fully saturated rings. The summed E-state index contributed by atoms with van der Waals surface area (Å²) in [4.78, 5) is 11.1. The van der Waals surface area contributed by atoms with E-state index in [1.54, 1.807) is 0 Å². The summed E-state index contributed by atoms with van der Waals surface area (Å²) in [7, 11) is 0. The Hall–Kier alpha value is -1.61. The zero-order valence-corrected chi connectivity index (χ0v) is 9.11. The van der Waals surface area contributed by atoms with E-state index in [0.717, 1.165) is 6.42 Å². The monoisotopic (exact) mass is 217 g/mol. The molecule has 16 heavy (non-hydrogen) atoms. The lowest BCUT2D eigenvalue weighted by Crippen LogP contribution is -2.30. The van der Waals surface area contributed by atoms with Crippen LogP contribution in [0.5, 0.6) is 0 Å². The van der Waals surface area contributed by atoms with Gasteiger partial charge in [-0.1, -0.05) is 30.8 Å². The first-order valence-corrected chi connectivity index (χ1v) is 5.41. The third-order valence-electron chi connectivity index (χ3n) is 2.74. The summed E-state index contributed by atoms with van der Waals surface area (Å²) in [5.74, 6) is -0.161. The van der Waals surface area contributed by atoms with Crippen LogP contribution in [0.4, 0.5) is 0 Å². The van der Waals surface area contributed by atoms with E-state index in [-0.39, 0.29) is 12.0 Å². The number of rotatable bonds is 3. The van der Waals surface area contributed by atoms with Gasteiger partial charge in [0.25, 0.3) is 0 Å². The highest BCUT2D eigenvalue weighted by atomic mass is 16.5. The summed E-state index contributed by atoms with van der Waals surface area (Å²) in [5.41, 5.74) is 2.49. The van der Waals surface area contributed by atoms with E-state index in [0.29, 0.717) is 13.2 Å². The van der Waals surface area contributed by atoms with Crippen molar-refractivity contribution in [3.8, 4) is 0 Å². The Kier molecular flexibility index (Phi) is 3.37. The number of nitrogens with one attached hydrogen (secondary N) is 1. The van der Waals surface area contributed by atoms with Gasteiger partial charge in [-0.25, -0.2) is 0 Å². The van der Waals surface area contributed by atoms with Crippen molar-refractivity contribution < 1.29 is 9.53 Å². The van der Waals surface area contributed by atoms with Crippen LogP contribution >= 0.6 is 0 Å². The average molecular weight is 217 g/mol. The number of benzene rings is 1. The van der Waals surface area contributed by atoms with E-state index in [1.165, 1.54) is 17.2 Å². The van der Waals surface area contributed by atoms with Crippen molar-refractivity contribution in [1.82, 2.24) is 5.32 Å². The summed E-state index contributed by atoms with van der Waals surface area (Å²) in [5, 5.41) is 2.76. The first-order valence-electron chi connectivity index (χ1n) is 5.41. The summed E-state index contributed by atoms with van der Waals surface area (Å²) in [6.07, 6.45) is 2.19. The Morgan fingerprint density at radius 3 is 3.19 bits per heavy atom. The van der Waals surface area contributed by atoms with Gasteiger partial charge in [-0.05, 0) is 23.6 Å². The van der Waals surface area contributed by atoms with Gasteiger partial charge in [0.15, 0.2) is 0 Å². The zero-order valence-electron chi connectivity index (χ0n) is 9.11. The minimum Gasteiger partial charge on any atom is -0.371 e. The Bertz CT molecular complexity index is 401. The Morgan fingerprint density at radius 1 is 1.56 bits per heavy atom. The quantitative estimate of drug-likeness (QED) is 0.781. The molecule has 1 N–H and O–H groups in total. The SMILES string of the molecule is C=CC(=O)NC[C@H]1OCCc2ccccc21. The van der Waals surface area contributed by atoms with Crippen molar-refractivity contribution in [3.63, 3.8) is 0 Å². The molecular weight excluding hydrogens is 202 g/mol. The van der Waals surface area contributed by atoms with Crippen molar-refractivity contribution in [3.05, 3.63) is 48.0 Å². The number of carbonyl (C=O) groups is 1. The smallest absolute Gasteiger partial charge is 0.243 e. The molecule has 0 saturated heterocycles. The second-order valence-electron chi connectivity index (χ2n) is 3.76. The highest BCUT2D eigenvalue weighted by Crippen LogP contribution is 2.25.